The minimum Gasteiger partial charge on any atom is -0.300 e. The van der Waals surface area contributed by atoms with E-state index in [0.717, 1.165) is 5.92 Å². The van der Waals surface area contributed by atoms with E-state index in [1.807, 2.05) is 0 Å². The van der Waals surface area contributed by atoms with Gasteiger partial charge in [0.05, 0.1) is 0 Å². The second-order valence-corrected chi connectivity index (χ2v) is 5.24. The van der Waals surface area contributed by atoms with E-state index in [0.29, 0.717) is 12.1 Å². The number of hydrogen-bond acceptors (Lipinski definition) is 1. The van der Waals surface area contributed by atoms with Crippen molar-refractivity contribution in [3.8, 4) is 0 Å². The molecule has 3 rings (SSSR count). The lowest BCUT2D eigenvalue weighted by molar-refractivity contribution is 0.486. The fourth-order valence-corrected chi connectivity index (χ4v) is 3.33. The van der Waals surface area contributed by atoms with Crippen molar-refractivity contribution in [1.82, 2.24) is 5.32 Å². The molecule has 3 aliphatic rings. The number of fused-ring (bicyclic) bond motifs is 5. The third-order valence-corrected chi connectivity index (χ3v) is 4.18. The molecule has 2 aliphatic heterocycles. The van der Waals surface area contributed by atoms with Gasteiger partial charge in [0.25, 0.3) is 0 Å². The highest BCUT2D eigenvalue weighted by molar-refractivity contribution is 5.34. The van der Waals surface area contributed by atoms with Gasteiger partial charge in [0, 0.05) is 18.0 Å². The van der Waals surface area contributed by atoms with E-state index in [1.54, 1.807) is 5.57 Å². The van der Waals surface area contributed by atoms with Crippen molar-refractivity contribution in [3.63, 3.8) is 0 Å². The van der Waals surface area contributed by atoms with Crippen molar-refractivity contribution in [2.75, 3.05) is 0 Å². The molecule has 1 N–H and O–H groups in total. The molecule has 2 bridgehead atoms. The number of nitrogens with one attached hydrogen (secondary N) is 1. The minimum absolute atomic E-state index is 0.517. The summed E-state index contributed by atoms with van der Waals surface area (Å²) < 4.78 is 0. The summed E-state index contributed by atoms with van der Waals surface area (Å²) in [7, 11) is 0. The van der Waals surface area contributed by atoms with E-state index in [9.17, 15) is 0 Å². The molecule has 86 valence electrons. The Hall–Kier alpha value is -0.820. The first-order valence-electron chi connectivity index (χ1n) is 6.76. The molecule has 3 unspecified atom stereocenters. The standard InChI is InChI=1S/C15H21N/c1-2-4-8-12-13(9-5-3-1)15-11-7-6-10-14(12)16-15/h6-8,10-11,13-16H,1-5,9H2/b12-8+. The molecule has 0 amide bonds. The van der Waals surface area contributed by atoms with Gasteiger partial charge >= 0.3 is 0 Å². The molecule has 1 fully saturated rings. The molecule has 16 heavy (non-hydrogen) atoms. The molecule has 0 radical (unpaired) electrons. The van der Waals surface area contributed by atoms with Crippen LogP contribution < -0.4 is 5.32 Å². The highest BCUT2D eigenvalue weighted by Crippen LogP contribution is 2.35. The molecule has 1 aliphatic carbocycles. The fourth-order valence-electron chi connectivity index (χ4n) is 3.33. The van der Waals surface area contributed by atoms with Crippen LogP contribution in [0.15, 0.2) is 36.0 Å². The van der Waals surface area contributed by atoms with E-state index < -0.39 is 0 Å². The third kappa shape index (κ3) is 1.89. The zero-order valence-corrected chi connectivity index (χ0v) is 9.86. The Balaban J connectivity index is 1.88. The molecule has 1 heteroatoms. The van der Waals surface area contributed by atoms with Gasteiger partial charge in [0.15, 0.2) is 0 Å². The van der Waals surface area contributed by atoms with Crippen LogP contribution in [-0.4, -0.2) is 12.1 Å². The quantitative estimate of drug-likeness (QED) is 0.611. The van der Waals surface area contributed by atoms with Crippen molar-refractivity contribution >= 4 is 0 Å². The third-order valence-electron chi connectivity index (χ3n) is 4.18. The molecule has 1 saturated heterocycles. The molecule has 0 aromatic rings. The van der Waals surface area contributed by atoms with Crippen LogP contribution in [0.5, 0.6) is 0 Å². The Labute approximate surface area is 98.3 Å². The molecular weight excluding hydrogens is 194 g/mol. The van der Waals surface area contributed by atoms with Crippen molar-refractivity contribution in [3.05, 3.63) is 36.0 Å². The first kappa shape index (κ1) is 10.3. The summed E-state index contributed by atoms with van der Waals surface area (Å²) in [6, 6.07) is 1.10. The largest absolute Gasteiger partial charge is 0.300 e. The molecule has 2 heterocycles. The van der Waals surface area contributed by atoms with E-state index in [4.69, 9.17) is 0 Å². The lowest BCUT2D eigenvalue weighted by atomic mass is 9.87. The highest BCUT2D eigenvalue weighted by atomic mass is 15.0. The van der Waals surface area contributed by atoms with Gasteiger partial charge < -0.3 is 5.32 Å². The van der Waals surface area contributed by atoms with Crippen LogP contribution in [0.25, 0.3) is 0 Å². The van der Waals surface area contributed by atoms with Crippen LogP contribution in [0.1, 0.15) is 38.5 Å². The van der Waals surface area contributed by atoms with Gasteiger partial charge in [-0.25, -0.2) is 0 Å². The van der Waals surface area contributed by atoms with Gasteiger partial charge in [-0.2, -0.15) is 0 Å². The highest BCUT2D eigenvalue weighted by Gasteiger charge is 2.35. The fraction of sp³-hybridized carbons (Fsp3) is 0.600. The van der Waals surface area contributed by atoms with Gasteiger partial charge in [-0.15, -0.1) is 0 Å². The zero-order valence-electron chi connectivity index (χ0n) is 9.86. The van der Waals surface area contributed by atoms with Crippen molar-refractivity contribution < 1.29 is 0 Å². The lowest BCUT2D eigenvalue weighted by Crippen LogP contribution is -2.27. The second kappa shape index (κ2) is 4.58. The first-order chi connectivity index (χ1) is 7.95. The average molecular weight is 215 g/mol. The van der Waals surface area contributed by atoms with Crippen molar-refractivity contribution in [1.29, 1.82) is 0 Å². The molecule has 1 nitrogen and oxygen atoms in total. The predicted molar refractivity (Wildman–Crippen MR) is 68.3 cm³/mol. The summed E-state index contributed by atoms with van der Waals surface area (Å²) in [5.74, 6) is 0.768. The Kier molecular flexibility index (Phi) is 2.96. The summed E-state index contributed by atoms with van der Waals surface area (Å²) in [6.07, 6.45) is 19.9. The maximum absolute atomic E-state index is 3.73. The summed E-state index contributed by atoms with van der Waals surface area (Å²) in [6.45, 7) is 0. The van der Waals surface area contributed by atoms with Crippen LogP contribution in [0, 0.1) is 5.92 Å². The molecule has 0 spiro atoms. The maximum Gasteiger partial charge on any atom is 0.0476 e. The van der Waals surface area contributed by atoms with Gasteiger partial charge in [0.1, 0.15) is 0 Å². The van der Waals surface area contributed by atoms with E-state index in [-0.39, 0.29) is 0 Å². The number of hydrogen-bond donors (Lipinski definition) is 1. The molecular formula is C15H21N. The summed E-state index contributed by atoms with van der Waals surface area (Å²) in [5.41, 5.74) is 1.67. The van der Waals surface area contributed by atoms with Crippen LogP contribution in [0.3, 0.4) is 0 Å². The predicted octanol–water partition coefficient (Wildman–Crippen LogP) is 3.35. The van der Waals surface area contributed by atoms with Crippen LogP contribution >= 0.6 is 0 Å². The normalized spacial score (nSPS) is 41.2. The summed E-state index contributed by atoms with van der Waals surface area (Å²) in [5, 5.41) is 3.73. The van der Waals surface area contributed by atoms with Gasteiger partial charge in [-0.05, 0) is 24.8 Å². The van der Waals surface area contributed by atoms with Gasteiger partial charge in [-0.3, -0.25) is 0 Å². The van der Waals surface area contributed by atoms with Crippen LogP contribution in [0.4, 0.5) is 0 Å². The Bertz CT molecular complexity index is 337. The second-order valence-electron chi connectivity index (χ2n) is 5.24. The molecule has 3 atom stereocenters. The van der Waals surface area contributed by atoms with E-state index in [1.165, 1.54) is 38.5 Å². The Morgan fingerprint density at radius 3 is 2.88 bits per heavy atom. The van der Waals surface area contributed by atoms with Crippen LogP contribution in [-0.2, 0) is 0 Å². The average Bonchev–Trinajstić information content (AvgIpc) is 2.48. The first-order valence-corrected chi connectivity index (χ1v) is 6.76. The van der Waals surface area contributed by atoms with Crippen LogP contribution in [0.2, 0.25) is 0 Å². The number of allylic oxidation sites excluding steroid dienone is 3. The van der Waals surface area contributed by atoms with Crippen molar-refractivity contribution in [2.45, 2.75) is 50.6 Å². The lowest BCUT2D eigenvalue weighted by Gasteiger charge is -2.17. The van der Waals surface area contributed by atoms with Gasteiger partial charge in [0.2, 0.25) is 0 Å². The van der Waals surface area contributed by atoms with E-state index >= 15 is 0 Å². The molecule has 0 aromatic carbocycles. The zero-order chi connectivity index (χ0) is 10.8. The van der Waals surface area contributed by atoms with Crippen molar-refractivity contribution in [2.24, 2.45) is 5.92 Å². The van der Waals surface area contributed by atoms with E-state index in [2.05, 4.69) is 35.7 Å². The number of rotatable bonds is 0. The minimum atomic E-state index is 0.517. The smallest absolute Gasteiger partial charge is 0.0476 e. The summed E-state index contributed by atoms with van der Waals surface area (Å²) >= 11 is 0. The Morgan fingerprint density at radius 1 is 1.00 bits per heavy atom. The van der Waals surface area contributed by atoms with Gasteiger partial charge in [-0.1, -0.05) is 49.6 Å². The summed E-state index contributed by atoms with van der Waals surface area (Å²) in [4.78, 5) is 0. The monoisotopic (exact) mass is 215 g/mol. The Morgan fingerprint density at radius 2 is 1.88 bits per heavy atom. The SMILES string of the molecule is C1=CC2NC(C=C1)C1CCCCCC/C=C/21. The topological polar surface area (TPSA) is 12.0 Å². The maximum atomic E-state index is 3.73. The molecule has 0 aromatic heterocycles. The molecule has 0 saturated carbocycles.